The molecule has 0 aliphatic carbocycles. The van der Waals surface area contributed by atoms with Crippen LogP contribution in [0.15, 0.2) is 41.6 Å². The number of hydrogen-bond donors (Lipinski definition) is 2. The molecule has 6 nitrogen and oxygen atoms in total. The van der Waals surface area contributed by atoms with Crippen molar-refractivity contribution in [3.05, 3.63) is 47.2 Å². The van der Waals surface area contributed by atoms with Gasteiger partial charge in [-0.1, -0.05) is 42.5 Å². The van der Waals surface area contributed by atoms with Crippen LogP contribution in [0.5, 0.6) is 0 Å². The molecule has 0 aromatic heterocycles. The van der Waals surface area contributed by atoms with Crippen molar-refractivity contribution in [2.24, 2.45) is 0 Å². The predicted molar refractivity (Wildman–Crippen MR) is 104 cm³/mol. The quantitative estimate of drug-likeness (QED) is 0.527. The summed E-state index contributed by atoms with van der Waals surface area (Å²) in [7, 11) is 0. The number of ether oxygens (including phenoxy) is 1. The molecule has 2 aliphatic heterocycles. The van der Waals surface area contributed by atoms with Gasteiger partial charge in [-0.05, 0) is 5.56 Å². The Bertz CT molecular complexity index is 723. The summed E-state index contributed by atoms with van der Waals surface area (Å²) in [5, 5.41) is 13.4. The van der Waals surface area contributed by atoms with Crippen molar-refractivity contribution in [1.82, 2.24) is 10.2 Å². The molecule has 1 saturated heterocycles. The van der Waals surface area contributed by atoms with Gasteiger partial charge in [-0.15, -0.1) is 11.8 Å². The minimum Gasteiger partial charge on any atom is -0.459 e. The number of aliphatic hydroxyl groups excluding tert-OH is 1. The molecule has 0 spiro atoms. The first-order chi connectivity index (χ1) is 12.6. The van der Waals surface area contributed by atoms with Gasteiger partial charge in [-0.25, -0.2) is 4.79 Å². The number of rotatable bonds is 7. The number of carbonyl (C=O) groups excluding carboxylic acids is 2. The summed E-state index contributed by atoms with van der Waals surface area (Å²) in [5.41, 5.74) is 2.16. The zero-order valence-corrected chi connectivity index (χ0v) is 15.7. The maximum Gasteiger partial charge on any atom is 0.355 e. The largest absolute Gasteiger partial charge is 0.459 e. The predicted octanol–water partition coefficient (Wildman–Crippen LogP) is 0.892. The Labute approximate surface area is 161 Å². The van der Waals surface area contributed by atoms with Gasteiger partial charge >= 0.3 is 5.97 Å². The minimum absolute atomic E-state index is 0.00917. The molecule has 0 radical (unpaired) electrons. The number of esters is 1. The van der Waals surface area contributed by atoms with Crippen LogP contribution < -0.4 is 5.32 Å². The molecule has 2 N–H and O–H groups in total. The second-order valence-electron chi connectivity index (χ2n) is 6.04. The Morgan fingerprint density at radius 2 is 2.15 bits per heavy atom. The van der Waals surface area contributed by atoms with Crippen molar-refractivity contribution in [1.29, 1.82) is 0 Å². The first kappa shape index (κ1) is 18.9. The molecule has 2 atom stereocenters. The van der Waals surface area contributed by atoms with Crippen LogP contribution >= 0.6 is 24.0 Å². The first-order valence-electron chi connectivity index (χ1n) is 8.32. The fraction of sp³-hybridized carbons (Fsp3) is 0.389. The molecular formula is C18H20N2O4S2. The van der Waals surface area contributed by atoms with E-state index in [2.05, 4.69) is 5.32 Å². The second kappa shape index (κ2) is 8.66. The number of hydrogen-bond acceptors (Lipinski definition) is 7. The highest BCUT2D eigenvalue weighted by atomic mass is 32.2. The topological polar surface area (TPSA) is 78.9 Å². The van der Waals surface area contributed by atoms with E-state index in [0.29, 0.717) is 24.4 Å². The van der Waals surface area contributed by atoms with E-state index in [0.717, 1.165) is 11.1 Å². The van der Waals surface area contributed by atoms with Gasteiger partial charge in [-0.3, -0.25) is 4.79 Å². The fourth-order valence-electron chi connectivity index (χ4n) is 3.04. The summed E-state index contributed by atoms with van der Waals surface area (Å²) in [6, 6.07) is 9.56. The molecule has 26 heavy (non-hydrogen) atoms. The zero-order valence-electron chi connectivity index (χ0n) is 14.1. The van der Waals surface area contributed by atoms with E-state index < -0.39 is 5.97 Å². The van der Waals surface area contributed by atoms with Crippen LogP contribution in [0, 0.1) is 0 Å². The monoisotopic (exact) mass is 392 g/mol. The van der Waals surface area contributed by atoms with Gasteiger partial charge in [0.2, 0.25) is 5.91 Å². The molecule has 0 saturated carbocycles. The number of benzene rings is 1. The number of nitrogens with one attached hydrogen (secondary N) is 1. The highest BCUT2D eigenvalue weighted by Gasteiger charge is 2.46. The van der Waals surface area contributed by atoms with Gasteiger partial charge in [0.15, 0.2) is 0 Å². The number of amides is 1. The van der Waals surface area contributed by atoms with Gasteiger partial charge in [0.25, 0.3) is 0 Å². The third kappa shape index (κ3) is 4.08. The fourth-order valence-corrected chi connectivity index (χ4v) is 4.67. The number of nitrogens with zero attached hydrogens (tertiary/aromatic N) is 1. The SMILES string of the molecule is O=C(Cc1ccccc1)NC1CN2C(C(=O)OCCO)=C(C=S)CSC12. The third-order valence-electron chi connectivity index (χ3n) is 4.26. The number of carbonyl (C=O) groups is 2. The maximum atomic E-state index is 12.3. The molecule has 0 bridgehead atoms. The van der Waals surface area contributed by atoms with Crippen LogP contribution in [0.2, 0.25) is 0 Å². The molecule has 138 valence electrons. The Kier molecular flexibility index (Phi) is 6.29. The summed E-state index contributed by atoms with van der Waals surface area (Å²) in [6.07, 6.45) is 0.334. The van der Waals surface area contributed by atoms with Gasteiger partial charge in [0.05, 0.1) is 24.4 Å². The normalized spacial score (nSPS) is 21.5. The standard InChI is InChI=1S/C18H20N2O4S2/c21-6-7-24-18(23)16-13(10-25)11-26-17-14(9-20(16)17)19-15(22)8-12-4-2-1-3-5-12/h1-5,10,14,17,21H,6-9,11H2,(H,19,22). The molecule has 1 amide bonds. The van der Waals surface area contributed by atoms with Crippen LogP contribution in [-0.2, 0) is 20.7 Å². The second-order valence-corrected chi connectivity index (χ2v) is 7.38. The van der Waals surface area contributed by atoms with Crippen molar-refractivity contribution in [3.8, 4) is 0 Å². The number of thioether (sulfide) groups is 1. The van der Waals surface area contributed by atoms with Crippen molar-refractivity contribution < 1.29 is 19.4 Å². The van der Waals surface area contributed by atoms with E-state index in [4.69, 9.17) is 22.1 Å². The Hall–Kier alpha value is -1.90. The van der Waals surface area contributed by atoms with E-state index in [9.17, 15) is 9.59 Å². The summed E-state index contributed by atoms with van der Waals surface area (Å²) in [5.74, 6) is 0.0872. The Morgan fingerprint density at radius 3 is 2.85 bits per heavy atom. The molecule has 3 rings (SSSR count). The van der Waals surface area contributed by atoms with E-state index in [1.165, 1.54) is 5.37 Å². The van der Waals surface area contributed by atoms with Crippen LogP contribution in [0.4, 0.5) is 0 Å². The van der Waals surface area contributed by atoms with Crippen LogP contribution in [0.3, 0.4) is 0 Å². The van der Waals surface area contributed by atoms with Crippen LogP contribution in [0.25, 0.3) is 0 Å². The van der Waals surface area contributed by atoms with E-state index in [1.807, 2.05) is 35.2 Å². The average Bonchev–Trinajstić information content (AvgIpc) is 2.64. The van der Waals surface area contributed by atoms with E-state index in [1.54, 1.807) is 11.8 Å². The molecule has 8 heteroatoms. The van der Waals surface area contributed by atoms with Gasteiger partial charge in [0.1, 0.15) is 12.3 Å². The number of thiocarbonyl (C=S) groups is 1. The van der Waals surface area contributed by atoms with Gasteiger partial charge in [0, 0.05) is 23.2 Å². The molecule has 1 aromatic carbocycles. The first-order valence-corrected chi connectivity index (χ1v) is 9.84. The lowest BCUT2D eigenvalue weighted by atomic mass is 10.0. The molecule has 2 heterocycles. The lowest BCUT2D eigenvalue weighted by Crippen LogP contribution is -2.66. The zero-order chi connectivity index (χ0) is 18.5. The molecular weight excluding hydrogens is 372 g/mol. The van der Waals surface area contributed by atoms with Crippen molar-refractivity contribution >= 4 is 41.2 Å². The van der Waals surface area contributed by atoms with Crippen molar-refractivity contribution in [3.63, 3.8) is 0 Å². The molecule has 1 aromatic rings. The van der Waals surface area contributed by atoms with E-state index in [-0.39, 0.29) is 30.5 Å². The molecule has 2 unspecified atom stereocenters. The number of fused-ring (bicyclic) bond motifs is 1. The lowest BCUT2D eigenvalue weighted by molar-refractivity contribution is -0.143. The lowest BCUT2D eigenvalue weighted by Gasteiger charge is -2.52. The Balaban J connectivity index is 1.61. The van der Waals surface area contributed by atoms with Crippen LogP contribution in [-0.4, -0.2) is 64.2 Å². The summed E-state index contributed by atoms with van der Waals surface area (Å²) in [4.78, 5) is 26.5. The maximum absolute atomic E-state index is 12.3. The minimum atomic E-state index is -0.477. The highest BCUT2D eigenvalue weighted by molar-refractivity contribution is 8.00. The summed E-state index contributed by atoms with van der Waals surface area (Å²) in [6.45, 7) is 0.270. The van der Waals surface area contributed by atoms with Crippen LogP contribution in [0.1, 0.15) is 5.56 Å². The summed E-state index contributed by atoms with van der Waals surface area (Å²) < 4.78 is 5.06. The van der Waals surface area contributed by atoms with E-state index >= 15 is 0 Å². The highest BCUT2D eigenvalue weighted by Crippen LogP contribution is 2.39. The molecule has 1 fully saturated rings. The average molecular weight is 393 g/mol. The smallest absolute Gasteiger partial charge is 0.355 e. The third-order valence-corrected chi connectivity index (χ3v) is 5.95. The van der Waals surface area contributed by atoms with Gasteiger partial charge < -0.3 is 20.1 Å². The Morgan fingerprint density at radius 1 is 1.38 bits per heavy atom. The van der Waals surface area contributed by atoms with Crippen molar-refractivity contribution in [2.75, 3.05) is 25.5 Å². The van der Waals surface area contributed by atoms with Gasteiger partial charge in [-0.2, -0.15) is 0 Å². The van der Waals surface area contributed by atoms with Crippen molar-refractivity contribution in [2.45, 2.75) is 17.8 Å². The summed E-state index contributed by atoms with van der Waals surface area (Å²) >= 11 is 6.66. The number of aliphatic hydroxyl groups is 1. The molecule has 2 aliphatic rings.